The zero-order valence-electron chi connectivity index (χ0n) is 22.8. The van der Waals surface area contributed by atoms with Crippen molar-refractivity contribution in [2.45, 2.75) is 105 Å². The lowest BCUT2D eigenvalue weighted by Crippen LogP contribution is -2.68. The third-order valence-electron chi connectivity index (χ3n) is 13.2. The molecule has 10 atom stereocenters. The Hall–Kier alpha value is -1.69. The molecule has 0 amide bonds. The van der Waals surface area contributed by atoms with E-state index in [9.17, 15) is 29.7 Å². The van der Waals surface area contributed by atoms with Gasteiger partial charge in [-0.3, -0.25) is 14.4 Å². The maximum absolute atomic E-state index is 14.2. The molecule has 0 aromatic heterocycles. The van der Waals surface area contributed by atoms with Crippen molar-refractivity contribution in [3.05, 3.63) is 11.6 Å². The van der Waals surface area contributed by atoms with Crippen molar-refractivity contribution in [1.82, 2.24) is 0 Å². The molecule has 200 valence electrons. The normalized spacial score (nSPS) is 54.3. The van der Waals surface area contributed by atoms with Gasteiger partial charge in [0.15, 0.2) is 5.78 Å². The van der Waals surface area contributed by atoms with E-state index in [1.165, 1.54) is 0 Å². The molecule has 0 radical (unpaired) electrons. The van der Waals surface area contributed by atoms with Gasteiger partial charge < -0.3 is 15.3 Å². The van der Waals surface area contributed by atoms with Crippen LogP contribution >= 0.6 is 0 Å². The van der Waals surface area contributed by atoms with Crippen molar-refractivity contribution >= 4 is 17.7 Å². The lowest BCUT2D eigenvalue weighted by atomic mass is 9.33. The number of hydrogen-bond donors (Lipinski definition) is 3. The Morgan fingerprint density at radius 1 is 0.861 bits per heavy atom. The number of rotatable bonds is 2. The predicted molar refractivity (Wildman–Crippen MR) is 135 cm³/mol. The molecule has 0 aromatic carbocycles. The van der Waals surface area contributed by atoms with Gasteiger partial charge in [0.1, 0.15) is 0 Å². The molecule has 6 nitrogen and oxygen atoms in total. The molecule has 0 saturated heterocycles. The highest BCUT2D eigenvalue weighted by Gasteiger charge is 2.71. The summed E-state index contributed by atoms with van der Waals surface area (Å²) in [6.45, 7) is 12.5. The molecule has 0 unspecified atom stereocenters. The minimum Gasteiger partial charge on any atom is -0.481 e. The zero-order valence-corrected chi connectivity index (χ0v) is 22.8. The molecular formula is C30H44O6. The van der Waals surface area contributed by atoms with Crippen LogP contribution in [-0.4, -0.2) is 39.1 Å². The second-order valence-electron chi connectivity index (χ2n) is 14.7. The maximum Gasteiger partial charge on any atom is 0.312 e. The quantitative estimate of drug-likeness (QED) is 0.463. The number of carboxylic acid groups (broad SMARTS) is 2. The Bertz CT molecular complexity index is 1060. The van der Waals surface area contributed by atoms with Gasteiger partial charge >= 0.3 is 11.9 Å². The highest BCUT2D eigenvalue weighted by molar-refractivity contribution is 5.96. The van der Waals surface area contributed by atoms with E-state index in [0.717, 1.165) is 31.3 Å². The van der Waals surface area contributed by atoms with E-state index in [-0.39, 0.29) is 39.8 Å². The number of aliphatic hydroxyl groups is 1. The van der Waals surface area contributed by atoms with Crippen molar-refractivity contribution in [1.29, 1.82) is 0 Å². The van der Waals surface area contributed by atoms with E-state index in [2.05, 4.69) is 27.7 Å². The Labute approximate surface area is 214 Å². The fourth-order valence-electron chi connectivity index (χ4n) is 10.3. The van der Waals surface area contributed by atoms with Gasteiger partial charge in [-0.2, -0.15) is 0 Å². The first-order chi connectivity index (χ1) is 16.5. The lowest BCUT2D eigenvalue weighted by molar-refractivity contribution is -0.215. The van der Waals surface area contributed by atoms with Crippen molar-refractivity contribution in [3.63, 3.8) is 0 Å². The number of allylic oxidation sites excluding steroid dienone is 2. The van der Waals surface area contributed by atoms with E-state index in [0.29, 0.717) is 32.1 Å². The Morgan fingerprint density at radius 3 is 2.11 bits per heavy atom. The van der Waals surface area contributed by atoms with Crippen LogP contribution in [0.3, 0.4) is 0 Å². The minimum atomic E-state index is -1.27. The number of fused-ring (bicyclic) bond motifs is 7. The van der Waals surface area contributed by atoms with Gasteiger partial charge in [-0.15, -0.1) is 0 Å². The van der Waals surface area contributed by atoms with Crippen LogP contribution in [0.15, 0.2) is 11.6 Å². The van der Waals surface area contributed by atoms with Crippen LogP contribution in [0, 0.1) is 50.2 Å². The van der Waals surface area contributed by atoms with E-state index >= 15 is 0 Å². The van der Waals surface area contributed by atoms with Gasteiger partial charge in [0.05, 0.1) is 16.9 Å². The van der Waals surface area contributed by atoms with E-state index in [1.807, 2.05) is 13.0 Å². The van der Waals surface area contributed by atoms with Crippen LogP contribution in [0.5, 0.6) is 0 Å². The highest BCUT2D eigenvalue weighted by Crippen LogP contribution is 2.75. The minimum absolute atomic E-state index is 0.00170. The molecule has 4 fully saturated rings. The first kappa shape index (κ1) is 25.9. The van der Waals surface area contributed by atoms with Gasteiger partial charge in [-0.25, -0.2) is 0 Å². The van der Waals surface area contributed by atoms with Crippen LogP contribution in [0.2, 0.25) is 0 Å². The average molecular weight is 501 g/mol. The molecule has 4 saturated carbocycles. The molecule has 5 rings (SSSR count). The summed E-state index contributed by atoms with van der Waals surface area (Å²) < 4.78 is 0. The van der Waals surface area contributed by atoms with Crippen molar-refractivity contribution in [2.24, 2.45) is 50.2 Å². The number of carboxylic acids is 2. The Kier molecular flexibility index (Phi) is 5.37. The molecule has 6 heteroatoms. The van der Waals surface area contributed by atoms with Crippen LogP contribution in [0.25, 0.3) is 0 Å². The summed E-state index contributed by atoms with van der Waals surface area (Å²) in [7, 11) is 0. The molecule has 3 N–H and O–H groups in total. The van der Waals surface area contributed by atoms with Crippen molar-refractivity contribution in [3.8, 4) is 0 Å². The number of carbonyl (C=O) groups is 3. The first-order valence-electron chi connectivity index (χ1n) is 13.9. The maximum atomic E-state index is 14.2. The lowest BCUT2D eigenvalue weighted by Gasteiger charge is -2.70. The molecule has 0 aromatic rings. The second-order valence-corrected chi connectivity index (χ2v) is 14.7. The fourth-order valence-corrected chi connectivity index (χ4v) is 10.3. The molecule has 0 heterocycles. The number of carbonyl (C=O) groups excluding carboxylic acids is 1. The molecule has 0 spiro atoms. The van der Waals surface area contributed by atoms with Crippen LogP contribution in [0.1, 0.15) is 99.3 Å². The number of aliphatic carboxylic acids is 2. The van der Waals surface area contributed by atoms with Gasteiger partial charge in [-0.05, 0) is 111 Å². The Balaban J connectivity index is 1.63. The smallest absolute Gasteiger partial charge is 0.312 e. The van der Waals surface area contributed by atoms with Crippen LogP contribution < -0.4 is 0 Å². The third-order valence-corrected chi connectivity index (χ3v) is 13.2. The number of ketones is 1. The van der Waals surface area contributed by atoms with Gasteiger partial charge in [-0.1, -0.05) is 33.3 Å². The average Bonchev–Trinajstić information content (AvgIpc) is 2.79. The largest absolute Gasteiger partial charge is 0.481 e. The summed E-state index contributed by atoms with van der Waals surface area (Å²) in [4.78, 5) is 39.0. The number of hydrogen-bond acceptors (Lipinski definition) is 4. The van der Waals surface area contributed by atoms with Gasteiger partial charge in [0.25, 0.3) is 0 Å². The fraction of sp³-hybridized carbons (Fsp3) is 0.833. The van der Waals surface area contributed by atoms with Crippen molar-refractivity contribution < 1.29 is 29.7 Å². The second kappa shape index (κ2) is 7.45. The summed E-state index contributed by atoms with van der Waals surface area (Å²) in [5, 5.41) is 31.1. The van der Waals surface area contributed by atoms with E-state index in [1.54, 1.807) is 6.92 Å². The monoisotopic (exact) mass is 500 g/mol. The topological polar surface area (TPSA) is 112 Å². The van der Waals surface area contributed by atoms with Crippen molar-refractivity contribution in [2.75, 3.05) is 0 Å². The summed E-state index contributed by atoms with van der Waals surface area (Å²) in [6.07, 6.45) is 7.51. The van der Waals surface area contributed by atoms with Gasteiger partial charge in [0.2, 0.25) is 0 Å². The summed E-state index contributed by atoms with van der Waals surface area (Å²) in [5.41, 5.74) is -1.97. The highest BCUT2D eigenvalue weighted by atomic mass is 16.4. The standard InChI is InChI=1S/C30H44O6/c1-25-11-12-26(2,23(33)34)16-18(25)17-15-19(31)22-27(3)9-8-21(32)30(6,24(35)36)20(27)7-10-29(22,5)28(17,4)14-13-25/h15,18,20-22,32H,7-14,16H2,1-6H3,(H,33,34)(H,35,36)/t18-,20+,21-,22+,25+,26-,27-,28+,29+,30-/m0/s1. The third kappa shape index (κ3) is 2.91. The molecule has 0 bridgehead atoms. The zero-order chi connectivity index (χ0) is 26.7. The molecule has 36 heavy (non-hydrogen) atoms. The number of aliphatic hydroxyl groups excluding tert-OH is 1. The van der Waals surface area contributed by atoms with Gasteiger partial charge in [0, 0.05) is 5.92 Å². The van der Waals surface area contributed by atoms with Crippen LogP contribution in [-0.2, 0) is 14.4 Å². The summed E-state index contributed by atoms with van der Waals surface area (Å²) in [6, 6.07) is 0. The molecule has 5 aliphatic rings. The SMILES string of the molecule is C[C@]1(C(=O)O)CC[C@]2(C)CC[C@]3(C)C(=CC(=O)[C@@H]4[C@@]5(C)CC[C@H](O)[C@@](C)(C(=O)O)[C@@H]5CC[C@]43C)[C@@H]2C1. The molecule has 0 aliphatic heterocycles. The van der Waals surface area contributed by atoms with E-state index in [4.69, 9.17) is 0 Å². The Morgan fingerprint density at radius 2 is 1.50 bits per heavy atom. The predicted octanol–water partition coefficient (Wildman–Crippen LogP) is 5.48. The van der Waals surface area contributed by atoms with E-state index < -0.39 is 34.3 Å². The summed E-state index contributed by atoms with van der Waals surface area (Å²) in [5.74, 6) is -2.13. The first-order valence-corrected chi connectivity index (χ1v) is 13.9. The summed E-state index contributed by atoms with van der Waals surface area (Å²) >= 11 is 0. The molecular weight excluding hydrogens is 456 g/mol. The molecule has 5 aliphatic carbocycles. The van der Waals surface area contributed by atoms with Crippen LogP contribution in [0.4, 0.5) is 0 Å².